The van der Waals surface area contributed by atoms with Crippen molar-refractivity contribution >= 4 is 8.32 Å². The van der Waals surface area contributed by atoms with E-state index in [-0.39, 0.29) is 0 Å². The number of fused-ring (bicyclic) bond motifs is 2. The van der Waals surface area contributed by atoms with Crippen LogP contribution in [0.3, 0.4) is 0 Å². The first kappa shape index (κ1) is 14.8. The summed E-state index contributed by atoms with van der Waals surface area (Å²) < 4.78 is 6.26. The van der Waals surface area contributed by atoms with Gasteiger partial charge in [-0.1, -0.05) is 56.7 Å². The van der Waals surface area contributed by atoms with Crippen LogP contribution in [-0.2, 0) is 4.43 Å². The fourth-order valence-electron chi connectivity index (χ4n) is 2.59. The minimum atomic E-state index is -1.60. The molecular formula is C17H28OSi. The molecule has 1 fully saturated rings. The molecule has 0 aliphatic heterocycles. The van der Waals surface area contributed by atoms with Crippen LogP contribution in [0.15, 0.2) is 36.0 Å². The van der Waals surface area contributed by atoms with Crippen molar-refractivity contribution in [1.82, 2.24) is 0 Å². The molecule has 2 atom stereocenters. The third-order valence-electron chi connectivity index (χ3n) is 4.96. The highest BCUT2D eigenvalue weighted by molar-refractivity contribution is 6.74. The van der Waals surface area contributed by atoms with Crippen LogP contribution in [0, 0.1) is 11.8 Å². The van der Waals surface area contributed by atoms with Crippen molar-refractivity contribution in [2.75, 3.05) is 6.61 Å². The van der Waals surface area contributed by atoms with E-state index in [9.17, 15) is 0 Å². The molecule has 106 valence electrons. The second kappa shape index (κ2) is 5.41. The van der Waals surface area contributed by atoms with Crippen molar-refractivity contribution in [2.45, 2.75) is 51.7 Å². The fourth-order valence-corrected chi connectivity index (χ4v) is 3.52. The Morgan fingerprint density at radius 2 is 1.95 bits per heavy atom. The van der Waals surface area contributed by atoms with Gasteiger partial charge in [-0.05, 0) is 42.8 Å². The van der Waals surface area contributed by atoms with Gasteiger partial charge in [-0.15, -0.1) is 0 Å². The molecule has 0 radical (unpaired) electrons. The summed E-state index contributed by atoms with van der Waals surface area (Å²) in [4.78, 5) is 0. The van der Waals surface area contributed by atoms with Gasteiger partial charge < -0.3 is 4.43 Å². The molecule has 0 aromatic rings. The van der Waals surface area contributed by atoms with Crippen LogP contribution in [0.25, 0.3) is 0 Å². The molecule has 19 heavy (non-hydrogen) atoms. The molecule has 0 N–H and O–H groups in total. The molecule has 2 aliphatic rings. The third kappa shape index (κ3) is 3.49. The van der Waals surface area contributed by atoms with Gasteiger partial charge in [-0.25, -0.2) is 0 Å². The predicted molar refractivity (Wildman–Crippen MR) is 85.7 cm³/mol. The zero-order valence-corrected chi connectivity index (χ0v) is 14.1. The Hall–Kier alpha value is -0.603. The quantitative estimate of drug-likeness (QED) is 0.515. The van der Waals surface area contributed by atoms with Gasteiger partial charge in [0.1, 0.15) is 0 Å². The Labute approximate surface area is 119 Å². The van der Waals surface area contributed by atoms with Crippen LogP contribution in [0.1, 0.15) is 33.6 Å². The minimum absolute atomic E-state index is 0.303. The van der Waals surface area contributed by atoms with Gasteiger partial charge >= 0.3 is 0 Å². The summed E-state index contributed by atoms with van der Waals surface area (Å²) in [6, 6.07) is 0. The van der Waals surface area contributed by atoms with Gasteiger partial charge in [0.05, 0.1) is 6.61 Å². The van der Waals surface area contributed by atoms with Crippen LogP contribution < -0.4 is 0 Å². The highest BCUT2D eigenvalue weighted by Gasteiger charge is 2.37. The molecule has 1 saturated carbocycles. The summed E-state index contributed by atoms with van der Waals surface area (Å²) in [6.07, 6.45) is 14.0. The highest BCUT2D eigenvalue weighted by atomic mass is 28.4. The van der Waals surface area contributed by atoms with Crippen LogP contribution in [0.2, 0.25) is 18.1 Å². The maximum absolute atomic E-state index is 6.26. The van der Waals surface area contributed by atoms with E-state index in [1.807, 2.05) is 0 Å². The average molecular weight is 276 g/mol. The van der Waals surface area contributed by atoms with Crippen LogP contribution in [0.5, 0.6) is 0 Å². The molecule has 2 heteroatoms. The SMILES string of the molecule is CC(C)(C)[Si](C)(C)OC/C=C1\C[C@H]2C=CC=C[C@@H]1C2. The zero-order valence-electron chi connectivity index (χ0n) is 13.1. The van der Waals surface area contributed by atoms with Gasteiger partial charge in [0, 0.05) is 0 Å². The summed E-state index contributed by atoms with van der Waals surface area (Å²) in [5, 5.41) is 0.303. The van der Waals surface area contributed by atoms with E-state index in [4.69, 9.17) is 4.43 Å². The van der Waals surface area contributed by atoms with Gasteiger partial charge in [0.15, 0.2) is 8.32 Å². The molecule has 0 heterocycles. The Balaban J connectivity index is 1.94. The number of hydrogen-bond acceptors (Lipinski definition) is 1. The number of rotatable bonds is 3. The molecular weight excluding hydrogens is 248 g/mol. The summed E-state index contributed by atoms with van der Waals surface area (Å²) in [5.74, 6) is 1.40. The molecule has 0 saturated heterocycles. The normalized spacial score (nSPS) is 29.0. The molecule has 0 spiro atoms. The first-order valence-corrected chi connectivity index (χ1v) is 10.4. The highest BCUT2D eigenvalue weighted by Crippen LogP contribution is 2.40. The van der Waals surface area contributed by atoms with E-state index >= 15 is 0 Å². The van der Waals surface area contributed by atoms with Crippen LogP contribution >= 0.6 is 0 Å². The smallest absolute Gasteiger partial charge is 0.192 e. The van der Waals surface area contributed by atoms with Crippen molar-refractivity contribution in [3.05, 3.63) is 36.0 Å². The Bertz CT molecular complexity index is 409. The second-order valence-electron chi connectivity index (χ2n) is 7.43. The molecule has 1 nitrogen and oxygen atoms in total. The lowest BCUT2D eigenvalue weighted by Crippen LogP contribution is -2.40. The van der Waals surface area contributed by atoms with E-state index in [1.54, 1.807) is 5.57 Å². The number of hydrogen-bond donors (Lipinski definition) is 0. The molecule has 2 rings (SSSR count). The maximum Gasteiger partial charge on any atom is 0.192 e. The average Bonchev–Trinajstić information content (AvgIpc) is 2.50. The first-order valence-electron chi connectivity index (χ1n) is 7.47. The first-order chi connectivity index (χ1) is 8.79. The fraction of sp³-hybridized carbons (Fsp3) is 0.647. The van der Waals surface area contributed by atoms with Crippen molar-refractivity contribution in [3.63, 3.8) is 0 Å². The van der Waals surface area contributed by atoms with Gasteiger partial charge in [-0.2, -0.15) is 0 Å². The molecule has 0 unspecified atom stereocenters. The lowest BCUT2D eigenvalue weighted by atomic mass is 10.0. The lowest BCUT2D eigenvalue weighted by molar-refractivity contribution is 0.326. The monoisotopic (exact) mass is 276 g/mol. The third-order valence-corrected chi connectivity index (χ3v) is 9.47. The van der Waals surface area contributed by atoms with E-state index < -0.39 is 8.32 Å². The van der Waals surface area contributed by atoms with E-state index in [1.165, 1.54) is 12.8 Å². The Morgan fingerprint density at radius 3 is 2.63 bits per heavy atom. The summed E-state index contributed by atoms with van der Waals surface area (Å²) >= 11 is 0. The van der Waals surface area contributed by atoms with Crippen molar-refractivity contribution in [1.29, 1.82) is 0 Å². The maximum atomic E-state index is 6.26. The molecule has 0 amide bonds. The van der Waals surface area contributed by atoms with Gasteiger partial charge in [0.2, 0.25) is 0 Å². The van der Waals surface area contributed by atoms with Gasteiger partial charge in [-0.3, -0.25) is 0 Å². The molecule has 2 aliphatic carbocycles. The standard InChI is InChI=1S/C17H28OSi/c1-17(2,3)19(4,5)18-11-10-16-13-14-8-6-7-9-15(16)12-14/h6-10,14-15H,11-13H2,1-5H3/b16-10+/t14-,15+/m0/s1. The van der Waals surface area contributed by atoms with Crippen LogP contribution in [0.4, 0.5) is 0 Å². The number of allylic oxidation sites excluding steroid dienone is 5. The molecule has 0 aromatic carbocycles. The van der Waals surface area contributed by atoms with Crippen molar-refractivity contribution in [3.8, 4) is 0 Å². The van der Waals surface area contributed by atoms with E-state index in [2.05, 4.69) is 64.2 Å². The topological polar surface area (TPSA) is 9.23 Å². The van der Waals surface area contributed by atoms with Crippen LogP contribution in [-0.4, -0.2) is 14.9 Å². The van der Waals surface area contributed by atoms with Crippen molar-refractivity contribution in [2.24, 2.45) is 11.8 Å². The minimum Gasteiger partial charge on any atom is -0.413 e. The summed E-state index contributed by atoms with van der Waals surface area (Å²) in [5.41, 5.74) is 1.59. The Kier molecular flexibility index (Phi) is 4.22. The predicted octanol–water partition coefficient (Wildman–Crippen LogP) is 5.09. The largest absolute Gasteiger partial charge is 0.413 e. The second-order valence-corrected chi connectivity index (χ2v) is 12.2. The van der Waals surface area contributed by atoms with E-state index in [0.717, 1.165) is 12.5 Å². The van der Waals surface area contributed by atoms with Gasteiger partial charge in [0.25, 0.3) is 0 Å². The van der Waals surface area contributed by atoms with E-state index in [0.29, 0.717) is 11.0 Å². The molecule has 2 bridgehead atoms. The Morgan fingerprint density at radius 1 is 1.26 bits per heavy atom. The summed E-state index contributed by atoms with van der Waals surface area (Å²) in [6.45, 7) is 12.3. The lowest BCUT2D eigenvalue weighted by Gasteiger charge is -2.35. The summed E-state index contributed by atoms with van der Waals surface area (Å²) in [7, 11) is -1.60. The molecule has 0 aromatic heterocycles. The van der Waals surface area contributed by atoms with Crippen molar-refractivity contribution < 1.29 is 4.43 Å². The zero-order chi connectivity index (χ0) is 14.1.